The standard InChI is InChI=1S/C21H25N5O8S/c1-4-25(5-2)19(27)13-23-35(32,33)18-9-7-6-8-16(18)21(29)24-22-12-14-10-15(26(30)31)11-17(34-3)20(14)28/h6-12,23,28H,4-5,13H2,1-3H3,(H,24,29)/b22-12-. The number of nitro groups is 1. The van der Waals surface area contributed by atoms with Crippen LogP contribution in [-0.4, -0.2) is 68.1 Å². The summed E-state index contributed by atoms with van der Waals surface area (Å²) in [5, 5.41) is 24.9. The van der Waals surface area contributed by atoms with Gasteiger partial charge in [-0.15, -0.1) is 0 Å². The number of methoxy groups -OCH3 is 1. The Bertz CT molecular complexity index is 1240. The normalized spacial score (nSPS) is 11.3. The fourth-order valence-corrected chi connectivity index (χ4v) is 4.18. The largest absolute Gasteiger partial charge is 0.504 e. The molecule has 0 spiro atoms. The summed E-state index contributed by atoms with van der Waals surface area (Å²) < 4.78 is 32.6. The number of carbonyl (C=O) groups is 2. The molecular formula is C21H25N5O8S. The van der Waals surface area contributed by atoms with E-state index >= 15 is 0 Å². The summed E-state index contributed by atoms with van der Waals surface area (Å²) in [6.07, 6.45) is 0.945. The number of sulfonamides is 1. The fraction of sp³-hybridized carbons (Fsp3) is 0.286. The number of nitro benzene ring substituents is 1. The van der Waals surface area contributed by atoms with Gasteiger partial charge in [-0.1, -0.05) is 12.1 Å². The minimum atomic E-state index is -4.23. The summed E-state index contributed by atoms with van der Waals surface area (Å²) in [5.41, 5.74) is 1.36. The predicted molar refractivity (Wildman–Crippen MR) is 126 cm³/mol. The Labute approximate surface area is 201 Å². The first-order chi connectivity index (χ1) is 16.5. The van der Waals surface area contributed by atoms with Crippen molar-refractivity contribution in [2.75, 3.05) is 26.7 Å². The molecule has 0 atom stereocenters. The summed E-state index contributed by atoms with van der Waals surface area (Å²) >= 11 is 0. The zero-order valence-electron chi connectivity index (χ0n) is 19.2. The zero-order valence-corrected chi connectivity index (χ0v) is 20.0. The number of hydrogen-bond donors (Lipinski definition) is 3. The van der Waals surface area contributed by atoms with Crippen LogP contribution >= 0.6 is 0 Å². The lowest BCUT2D eigenvalue weighted by atomic mass is 10.1. The molecule has 188 valence electrons. The Hall–Kier alpha value is -4.04. The van der Waals surface area contributed by atoms with E-state index in [-0.39, 0.29) is 27.5 Å². The van der Waals surface area contributed by atoms with Gasteiger partial charge in [0.05, 0.1) is 41.3 Å². The number of non-ortho nitro benzene ring substituents is 1. The molecule has 0 aliphatic heterocycles. The van der Waals surface area contributed by atoms with Crippen molar-refractivity contribution in [3.05, 3.63) is 57.6 Å². The average Bonchev–Trinajstić information content (AvgIpc) is 2.84. The van der Waals surface area contributed by atoms with E-state index in [0.717, 1.165) is 18.3 Å². The smallest absolute Gasteiger partial charge is 0.274 e. The Morgan fingerprint density at radius 2 is 1.89 bits per heavy atom. The maximum absolute atomic E-state index is 12.8. The molecule has 0 bridgehead atoms. The minimum Gasteiger partial charge on any atom is -0.504 e. The van der Waals surface area contributed by atoms with E-state index in [0.29, 0.717) is 13.1 Å². The number of phenols is 1. The molecule has 0 unspecified atom stereocenters. The van der Waals surface area contributed by atoms with Crippen molar-refractivity contribution in [1.29, 1.82) is 0 Å². The van der Waals surface area contributed by atoms with Crippen LogP contribution in [0.3, 0.4) is 0 Å². The third-order valence-electron chi connectivity index (χ3n) is 4.84. The summed E-state index contributed by atoms with van der Waals surface area (Å²) in [6, 6.07) is 7.33. The molecule has 0 saturated carbocycles. The molecule has 14 heteroatoms. The van der Waals surface area contributed by atoms with Crippen molar-refractivity contribution in [1.82, 2.24) is 15.0 Å². The monoisotopic (exact) mass is 507 g/mol. The molecule has 3 N–H and O–H groups in total. The van der Waals surface area contributed by atoms with E-state index in [2.05, 4.69) is 15.2 Å². The zero-order chi connectivity index (χ0) is 26.2. The number of phenolic OH excluding ortho intramolecular Hbond substituents is 1. The molecule has 0 heterocycles. The van der Waals surface area contributed by atoms with Gasteiger partial charge in [-0.25, -0.2) is 18.6 Å². The highest BCUT2D eigenvalue weighted by Gasteiger charge is 2.23. The van der Waals surface area contributed by atoms with Gasteiger partial charge in [0.15, 0.2) is 11.5 Å². The predicted octanol–water partition coefficient (Wildman–Crippen LogP) is 1.22. The van der Waals surface area contributed by atoms with Crippen molar-refractivity contribution >= 4 is 33.7 Å². The molecule has 2 rings (SSSR count). The second kappa shape index (κ2) is 11.9. The molecule has 0 aliphatic rings. The number of hydrogen-bond acceptors (Lipinski definition) is 9. The molecule has 0 saturated heterocycles. The van der Waals surface area contributed by atoms with E-state index in [9.17, 15) is 33.2 Å². The molecule has 0 radical (unpaired) electrons. The number of benzene rings is 2. The van der Waals surface area contributed by atoms with Crippen LogP contribution in [-0.2, 0) is 14.8 Å². The van der Waals surface area contributed by atoms with Crippen LogP contribution in [0.4, 0.5) is 5.69 Å². The van der Waals surface area contributed by atoms with E-state index in [4.69, 9.17) is 4.74 Å². The third-order valence-corrected chi connectivity index (χ3v) is 6.30. The van der Waals surface area contributed by atoms with E-state index < -0.39 is 39.1 Å². The minimum absolute atomic E-state index is 0.117. The van der Waals surface area contributed by atoms with E-state index in [1.165, 1.54) is 36.3 Å². The molecule has 0 aliphatic carbocycles. The first-order valence-electron chi connectivity index (χ1n) is 10.3. The van der Waals surface area contributed by atoms with Crippen LogP contribution in [0.15, 0.2) is 46.4 Å². The van der Waals surface area contributed by atoms with Crippen LogP contribution < -0.4 is 14.9 Å². The summed E-state index contributed by atoms with van der Waals surface area (Å²) in [4.78, 5) is 36.2. The summed E-state index contributed by atoms with van der Waals surface area (Å²) in [7, 11) is -3.02. The quantitative estimate of drug-likeness (QED) is 0.230. The fourth-order valence-electron chi connectivity index (χ4n) is 3.01. The molecule has 2 amide bonds. The van der Waals surface area contributed by atoms with Crippen LogP contribution in [0.25, 0.3) is 0 Å². The number of ether oxygens (including phenoxy) is 1. The number of amides is 2. The number of nitrogens with one attached hydrogen (secondary N) is 2. The van der Waals surface area contributed by atoms with Gasteiger partial charge in [-0.3, -0.25) is 19.7 Å². The first-order valence-corrected chi connectivity index (χ1v) is 11.8. The molecule has 35 heavy (non-hydrogen) atoms. The van der Waals surface area contributed by atoms with Gasteiger partial charge in [0.25, 0.3) is 11.6 Å². The molecule has 0 aromatic heterocycles. The maximum atomic E-state index is 12.8. The second-order valence-corrected chi connectivity index (χ2v) is 8.66. The van der Waals surface area contributed by atoms with Crippen molar-refractivity contribution < 1.29 is 32.8 Å². The molecule has 2 aromatic rings. The van der Waals surface area contributed by atoms with Gasteiger partial charge in [0.1, 0.15) is 0 Å². The van der Waals surface area contributed by atoms with Crippen molar-refractivity contribution in [3.8, 4) is 11.5 Å². The van der Waals surface area contributed by atoms with E-state index in [1.807, 2.05) is 0 Å². The number of nitrogens with zero attached hydrogens (tertiary/aromatic N) is 3. The summed E-state index contributed by atoms with van der Waals surface area (Å²) in [6.45, 7) is 3.88. The van der Waals surface area contributed by atoms with Crippen LogP contribution in [0.2, 0.25) is 0 Å². The number of carbonyl (C=O) groups excluding carboxylic acids is 2. The number of likely N-dealkylation sites (N-methyl/N-ethyl adjacent to an activating group) is 1. The van der Waals surface area contributed by atoms with Crippen molar-refractivity contribution in [3.63, 3.8) is 0 Å². The van der Waals surface area contributed by atoms with E-state index in [1.54, 1.807) is 13.8 Å². The Balaban J connectivity index is 2.24. The lowest BCUT2D eigenvalue weighted by Crippen LogP contribution is -2.40. The molecular weight excluding hydrogens is 482 g/mol. The SMILES string of the molecule is CCN(CC)C(=O)CNS(=O)(=O)c1ccccc1C(=O)N/N=C\c1cc([N+](=O)[O-])cc(OC)c1O. The van der Waals surface area contributed by atoms with Gasteiger partial charge < -0.3 is 14.7 Å². The topological polar surface area (TPSA) is 181 Å². The summed E-state index contributed by atoms with van der Waals surface area (Å²) in [5.74, 6) is -1.94. The van der Waals surface area contributed by atoms with Crippen LogP contribution in [0, 0.1) is 10.1 Å². The Morgan fingerprint density at radius 3 is 2.49 bits per heavy atom. The average molecular weight is 508 g/mol. The highest BCUT2D eigenvalue weighted by molar-refractivity contribution is 7.89. The third kappa shape index (κ3) is 6.74. The van der Waals surface area contributed by atoms with Crippen LogP contribution in [0.5, 0.6) is 11.5 Å². The lowest BCUT2D eigenvalue weighted by Gasteiger charge is -2.19. The van der Waals surface area contributed by atoms with Crippen LogP contribution in [0.1, 0.15) is 29.8 Å². The second-order valence-electron chi connectivity index (χ2n) is 6.93. The molecule has 0 fully saturated rings. The number of rotatable bonds is 11. The lowest BCUT2D eigenvalue weighted by molar-refractivity contribution is -0.385. The Morgan fingerprint density at radius 1 is 1.23 bits per heavy atom. The number of hydrazone groups is 1. The van der Waals surface area contributed by atoms with Gasteiger partial charge in [-0.2, -0.15) is 5.10 Å². The van der Waals surface area contributed by atoms with Gasteiger partial charge >= 0.3 is 0 Å². The number of aromatic hydroxyl groups is 1. The molecule has 13 nitrogen and oxygen atoms in total. The highest BCUT2D eigenvalue weighted by atomic mass is 32.2. The van der Waals surface area contributed by atoms with Gasteiger partial charge in [0.2, 0.25) is 15.9 Å². The van der Waals surface area contributed by atoms with Gasteiger partial charge in [0, 0.05) is 24.7 Å². The maximum Gasteiger partial charge on any atom is 0.274 e. The highest BCUT2D eigenvalue weighted by Crippen LogP contribution is 2.33. The van der Waals surface area contributed by atoms with Crippen molar-refractivity contribution in [2.24, 2.45) is 5.10 Å². The Kier molecular flexibility index (Phi) is 9.25. The first kappa shape index (κ1) is 27.2. The van der Waals surface area contributed by atoms with Crippen molar-refractivity contribution in [2.45, 2.75) is 18.7 Å². The molecule has 2 aromatic carbocycles. The van der Waals surface area contributed by atoms with Gasteiger partial charge in [-0.05, 0) is 26.0 Å².